The quantitative estimate of drug-likeness (QED) is 0.388. The molecule has 2 N–H and O–H groups in total. The standard InChI is InChI=1S/C23H43N5O/c1-2-24-23(25-14-10-17-27-15-8-3-4-9-16-27)26-21-13-18-28(19-21)22(29)20-11-6-5-7-12-20/h20-21H,2-19H2,1H3,(H2,24,25,26). The molecule has 0 spiro atoms. The first-order chi connectivity index (χ1) is 14.3. The number of hydrogen-bond acceptors (Lipinski definition) is 3. The minimum Gasteiger partial charge on any atom is -0.357 e. The highest BCUT2D eigenvalue weighted by molar-refractivity contribution is 5.81. The number of carbonyl (C=O) groups is 1. The van der Waals surface area contributed by atoms with Crippen LogP contribution in [0.3, 0.4) is 0 Å². The fraction of sp³-hybridized carbons (Fsp3) is 0.913. The van der Waals surface area contributed by atoms with E-state index in [1.165, 1.54) is 58.0 Å². The number of hydrogen-bond donors (Lipinski definition) is 2. The Labute approximate surface area is 177 Å². The molecule has 0 aromatic carbocycles. The number of guanidine groups is 1. The van der Waals surface area contributed by atoms with Crippen molar-refractivity contribution in [3.8, 4) is 0 Å². The minimum absolute atomic E-state index is 0.281. The van der Waals surface area contributed by atoms with Crippen molar-refractivity contribution in [1.29, 1.82) is 0 Å². The summed E-state index contributed by atoms with van der Waals surface area (Å²) in [5.41, 5.74) is 0. The second kappa shape index (κ2) is 12.4. The Morgan fingerprint density at radius 3 is 2.41 bits per heavy atom. The predicted molar refractivity (Wildman–Crippen MR) is 120 cm³/mol. The number of likely N-dealkylation sites (tertiary alicyclic amines) is 2. The van der Waals surface area contributed by atoms with E-state index in [1.54, 1.807) is 0 Å². The van der Waals surface area contributed by atoms with Crippen LogP contribution in [-0.4, -0.2) is 73.5 Å². The van der Waals surface area contributed by atoms with Gasteiger partial charge in [-0.2, -0.15) is 0 Å². The number of aliphatic imine (C=N–C) groups is 1. The summed E-state index contributed by atoms with van der Waals surface area (Å²) in [6.07, 6.45) is 13.6. The lowest BCUT2D eigenvalue weighted by molar-refractivity contribution is -0.135. The highest BCUT2D eigenvalue weighted by Crippen LogP contribution is 2.26. The summed E-state index contributed by atoms with van der Waals surface area (Å²) in [7, 11) is 0. The Balaban J connectivity index is 1.39. The molecule has 1 aliphatic carbocycles. The monoisotopic (exact) mass is 405 g/mol. The Morgan fingerprint density at radius 2 is 1.69 bits per heavy atom. The molecule has 0 aromatic heterocycles. The van der Waals surface area contributed by atoms with Crippen molar-refractivity contribution in [3.63, 3.8) is 0 Å². The first-order valence-corrected chi connectivity index (χ1v) is 12.3. The molecule has 2 heterocycles. The average Bonchev–Trinajstić information content (AvgIpc) is 3.05. The molecule has 29 heavy (non-hydrogen) atoms. The van der Waals surface area contributed by atoms with Gasteiger partial charge in [-0.3, -0.25) is 9.79 Å². The molecule has 166 valence electrons. The summed E-state index contributed by atoms with van der Waals surface area (Å²) in [5.74, 6) is 1.59. The average molecular weight is 406 g/mol. The molecule has 2 aliphatic heterocycles. The molecule has 2 saturated heterocycles. The fourth-order valence-electron chi connectivity index (χ4n) is 5.04. The number of carbonyl (C=O) groups excluding carboxylic acids is 1. The molecule has 3 fully saturated rings. The molecule has 0 aromatic rings. The summed E-state index contributed by atoms with van der Waals surface area (Å²) in [6.45, 7) is 9.25. The van der Waals surface area contributed by atoms with Crippen molar-refractivity contribution in [1.82, 2.24) is 20.4 Å². The zero-order valence-electron chi connectivity index (χ0n) is 18.6. The third kappa shape index (κ3) is 7.47. The highest BCUT2D eigenvalue weighted by Gasteiger charge is 2.31. The van der Waals surface area contributed by atoms with Gasteiger partial charge in [0, 0.05) is 38.1 Å². The van der Waals surface area contributed by atoms with E-state index in [2.05, 4.69) is 27.4 Å². The lowest BCUT2D eigenvalue weighted by Gasteiger charge is -2.26. The van der Waals surface area contributed by atoms with Crippen molar-refractivity contribution in [2.75, 3.05) is 45.8 Å². The van der Waals surface area contributed by atoms with Crippen molar-refractivity contribution in [3.05, 3.63) is 0 Å². The molecular formula is C23H43N5O. The van der Waals surface area contributed by atoms with E-state index in [1.807, 2.05) is 0 Å². The Kier molecular flexibility index (Phi) is 9.58. The molecule has 6 heteroatoms. The summed E-state index contributed by atoms with van der Waals surface area (Å²) in [6, 6.07) is 0.325. The van der Waals surface area contributed by atoms with Crippen LogP contribution in [0.15, 0.2) is 4.99 Å². The van der Waals surface area contributed by atoms with Crippen LogP contribution in [-0.2, 0) is 4.79 Å². The van der Waals surface area contributed by atoms with Gasteiger partial charge in [-0.05, 0) is 65.1 Å². The van der Waals surface area contributed by atoms with E-state index < -0.39 is 0 Å². The molecule has 0 bridgehead atoms. The van der Waals surface area contributed by atoms with E-state index in [9.17, 15) is 4.79 Å². The maximum atomic E-state index is 12.8. The van der Waals surface area contributed by atoms with Crippen LogP contribution in [0, 0.1) is 5.92 Å². The van der Waals surface area contributed by atoms with Crippen LogP contribution in [0.2, 0.25) is 0 Å². The van der Waals surface area contributed by atoms with Crippen molar-refractivity contribution >= 4 is 11.9 Å². The zero-order valence-corrected chi connectivity index (χ0v) is 18.6. The zero-order chi connectivity index (χ0) is 20.3. The molecule has 1 atom stereocenters. The SMILES string of the molecule is CCNC(=NCCCN1CCCCCC1)NC1CCN(C(=O)C2CCCCC2)C1. The van der Waals surface area contributed by atoms with Crippen LogP contribution < -0.4 is 10.6 Å². The van der Waals surface area contributed by atoms with Gasteiger partial charge in [0.15, 0.2) is 5.96 Å². The molecule has 0 radical (unpaired) electrons. The summed E-state index contributed by atoms with van der Waals surface area (Å²) in [5, 5.41) is 6.97. The van der Waals surface area contributed by atoms with Gasteiger partial charge < -0.3 is 20.4 Å². The van der Waals surface area contributed by atoms with Crippen molar-refractivity contribution in [2.24, 2.45) is 10.9 Å². The number of rotatable bonds is 7. The molecule has 1 saturated carbocycles. The van der Waals surface area contributed by atoms with Gasteiger partial charge >= 0.3 is 0 Å². The van der Waals surface area contributed by atoms with Crippen molar-refractivity contribution < 1.29 is 4.79 Å². The molecule has 1 amide bonds. The third-order valence-electron chi connectivity index (χ3n) is 6.74. The fourth-order valence-corrected chi connectivity index (χ4v) is 5.04. The second-order valence-electron chi connectivity index (χ2n) is 9.12. The highest BCUT2D eigenvalue weighted by atomic mass is 16.2. The summed E-state index contributed by atoms with van der Waals surface area (Å²) >= 11 is 0. The van der Waals surface area contributed by atoms with Crippen LogP contribution in [0.4, 0.5) is 0 Å². The predicted octanol–water partition coefficient (Wildman–Crippen LogP) is 2.99. The van der Waals surface area contributed by atoms with E-state index in [0.717, 1.165) is 64.4 Å². The molecule has 1 unspecified atom stereocenters. The number of nitrogens with zero attached hydrogens (tertiary/aromatic N) is 3. The maximum Gasteiger partial charge on any atom is 0.225 e. The van der Waals surface area contributed by atoms with E-state index in [-0.39, 0.29) is 5.92 Å². The summed E-state index contributed by atoms with van der Waals surface area (Å²) < 4.78 is 0. The Bertz CT molecular complexity index is 509. The Hall–Kier alpha value is -1.30. The Morgan fingerprint density at radius 1 is 0.966 bits per heavy atom. The lowest BCUT2D eigenvalue weighted by atomic mass is 9.88. The lowest BCUT2D eigenvalue weighted by Crippen LogP contribution is -2.45. The van der Waals surface area contributed by atoms with Gasteiger partial charge in [0.1, 0.15) is 0 Å². The first-order valence-electron chi connectivity index (χ1n) is 12.3. The van der Waals surface area contributed by atoms with Gasteiger partial charge in [0.25, 0.3) is 0 Å². The summed E-state index contributed by atoms with van der Waals surface area (Å²) in [4.78, 5) is 22.3. The number of nitrogens with one attached hydrogen (secondary N) is 2. The van der Waals surface area contributed by atoms with E-state index in [4.69, 9.17) is 4.99 Å². The maximum absolute atomic E-state index is 12.8. The van der Waals surface area contributed by atoms with Crippen LogP contribution in [0.5, 0.6) is 0 Å². The normalized spacial score (nSPS) is 25.1. The van der Waals surface area contributed by atoms with Gasteiger partial charge in [-0.25, -0.2) is 0 Å². The topological polar surface area (TPSA) is 60.0 Å². The van der Waals surface area contributed by atoms with Crippen LogP contribution in [0.25, 0.3) is 0 Å². The molecule has 6 nitrogen and oxygen atoms in total. The smallest absolute Gasteiger partial charge is 0.225 e. The van der Waals surface area contributed by atoms with Crippen LogP contribution >= 0.6 is 0 Å². The molecule has 3 aliphatic rings. The molecular weight excluding hydrogens is 362 g/mol. The minimum atomic E-state index is 0.281. The number of amides is 1. The largest absolute Gasteiger partial charge is 0.357 e. The molecule has 3 rings (SSSR count). The van der Waals surface area contributed by atoms with Gasteiger partial charge in [0.2, 0.25) is 5.91 Å². The van der Waals surface area contributed by atoms with Gasteiger partial charge in [-0.15, -0.1) is 0 Å². The van der Waals surface area contributed by atoms with Crippen LogP contribution in [0.1, 0.15) is 77.6 Å². The van der Waals surface area contributed by atoms with Crippen molar-refractivity contribution in [2.45, 2.75) is 83.6 Å². The first kappa shape index (κ1) is 22.4. The van der Waals surface area contributed by atoms with Gasteiger partial charge in [0.05, 0.1) is 0 Å². The van der Waals surface area contributed by atoms with Gasteiger partial charge in [-0.1, -0.05) is 32.1 Å². The second-order valence-corrected chi connectivity index (χ2v) is 9.12. The van der Waals surface area contributed by atoms with E-state index in [0.29, 0.717) is 11.9 Å². The third-order valence-corrected chi connectivity index (χ3v) is 6.74. The van der Waals surface area contributed by atoms with E-state index >= 15 is 0 Å².